The lowest BCUT2D eigenvalue weighted by molar-refractivity contribution is -0.140. The average Bonchev–Trinajstić information content (AvgIpc) is 2.21. The van der Waals surface area contributed by atoms with Gasteiger partial charge < -0.3 is 4.74 Å². The van der Waals surface area contributed by atoms with E-state index in [1.54, 1.807) is 0 Å². The molecule has 1 aromatic heterocycles. The van der Waals surface area contributed by atoms with Crippen molar-refractivity contribution in [2.24, 2.45) is 0 Å². The van der Waals surface area contributed by atoms with Crippen molar-refractivity contribution in [3.8, 4) is 0 Å². The topological polar surface area (TPSA) is 52.1 Å². The number of esters is 1. The molecule has 0 amide bonds. The number of thioether (sulfide) groups is 1. The van der Waals surface area contributed by atoms with E-state index in [-0.39, 0.29) is 11.2 Å². The number of ether oxygens (including phenoxy) is 1. The van der Waals surface area contributed by atoms with Crippen LogP contribution in [0, 0.1) is 0 Å². The number of halogens is 1. The second-order valence-electron chi connectivity index (χ2n) is 2.89. The molecule has 4 nitrogen and oxygen atoms in total. The monoisotopic (exact) mass is 246 g/mol. The smallest absolute Gasteiger partial charge is 0.306 e. The van der Waals surface area contributed by atoms with Crippen LogP contribution in [0.3, 0.4) is 0 Å². The Morgan fingerprint density at radius 3 is 2.73 bits per heavy atom. The van der Waals surface area contributed by atoms with E-state index in [1.807, 2.05) is 6.92 Å². The van der Waals surface area contributed by atoms with Crippen LogP contribution in [0.1, 0.15) is 13.3 Å². The molecule has 0 saturated carbocycles. The highest BCUT2D eigenvalue weighted by Gasteiger charge is 2.11. The van der Waals surface area contributed by atoms with Gasteiger partial charge >= 0.3 is 5.97 Å². The highest BCUT2D eigenvalue weighted by Crippen LogP contribution is 2.22. The van der Waals surface area contributed by atoms with E-state index in [9.17, 15) is 4.79 Å². The summed E-state index contributed by atoms with van der Waals surface area (Å²) in [5.74, 6) is -0.232. The fourth-order valence-corrected chi connectivity index (χ4v) is 1.80. The molecule has 1 atom stereocenters. The second-order valence-corrected chi connectivity index (χ2v) is 4.73. The number of carbonyl (C=O) groups is 1. The number of methoxy groups -OCH3 is 1. The molecule has 1 heterocycles. The molecule has 0 saturated heterocycles. The van der Waals surface area contributed by atoms with Crippen molar-refractivity contribution in [1.29, 1.82) is 0 Å². The zero-order chi connectivity index (χ0) is 11.3. The van der Waals surface area contributed by atoms with Crippen molar-refractivity contribution in [3.05, 3.63) is 17.4 Å². The summed E-state index contributed by atoms with van der Waals surface area (Å²) in [6.45, 7) is 1.92. The number of carbonyl (C=O) groups excluding carboxylic acids is 1. The Labute approximate surface area is 97.4 Å². The Morgan fingerprint density at radius 2 is 2.20 bits per heavy atom. The molecule has 0 aliphatic carbocycles. The highest BCUT2D eigenvalue weighted by molar-refractivity contribution is 7.99. The summed E-state index contributed by atoms with van der Waals surface area (Å²) >= 11 is 7.06. The van der Waals surface area contributed by atoms with Gasteiger partial charge in [-0.1, -0.05) is 30.3 Å². The summed E-state index contributed by atoms with van der Waals surface area (Å²) < 4.78 is 4.56. The van der Waals surface area contributed by atoms with Crippen LogP contribution in [0.15, 0.2) is 17.6 Å². The summed E-state index contributed by atoms with van der Waals surface area (Å²) in [5, 5.41) is 1.19. The zero-order valence-corrected chi connectivity index (χ0v) is 10.0. The Hall–Kier alpha value is -0.810. The number of hydrogen-bond donors (Lipinski definition) is 0. The zero-order valence-electron chi connectivity index (χ0n) is 8.44. The summed E-state index contributed by atoms with van der Waals surface area (Å²) in [7, 11) is 1.37. The lowest BCUT2D eigenvalue weighted by Crippen LogP contribution is -2.08. The fourth-order valence-electron chi connectivity index (χ4n) is 0.901. The van der Waals surface area contributed by atoms with E-state index in [4.69, 9.17) is 11.6 Å². The molecule has 1 rings (SSSR count). The summed E-state index contributed by atoms with van der Waals surface area (Å²) in [6.07, 6.45) is 3.40. The van der Waals surface area contributed by atoms with Gasteiger partial charge in [0.1, 0.15) is 0 Å². The van der Waals surface area contributed by atoms with E-state index in [0.29, 0.717) is 16.6 Å². The van der Waals surface area contributed by atoms with E-state index < -0.39 is 0 Å². The van der Waals surface area contributed by atoms with E-state index in [0.717, 1.165) is 0 Å². The van der Waals surface area contributed by atoms with E-state index in [1.165, 1.54) is 31.3 Å². The molecule has 0 radical (unpaired) electrons. The van der Waals surface area contributed by atoms with Crippen LogP contribution in [0.5, 0.6) is 0 Å². The van der Waals surface area contributed by atoms with E-state index in [2.05, 4.69) is 14.7 Å². The maximum absolute atomic E-state index is 11.0. The summed E-state index contributed by atoms with van der Waals surface area (Å²) in [5.41, 5.74) is 0. The van der Waals surface area contributed by atoms with Gasteiger partial charge in [0.05, 0.1) is 30.9 Å². The molecule has 82 valence electrons. The average molecular weight is 247 g/mol. The van der Waals surface area contributed by atoms with Crippen molar-refractivity contribution in [1.82, 2.24) is 9.97 Å². The molecule has 15 heavy (non-hydrogen) atoms. The molecule has 0 aliphatic rings. The van der Waals surface area contributed by atoms with Crippen molar-refractivity contribution in [2.75, 3.05) is 7.11 Å². The highest BCUT2D eigenvalue weighted by atomic mass is 35.5. The first-order valence-corrected chi connectivity index (χ1v) is 5.58. The van der Waals surface area contributed by atoms with Gasteiger partial charge in [-0.05, 0) is 0 Å². The van der Waals surface area contributed by atoms with Gasteiger partial charge in [-0.25, -0.2) is 9.97 Å². The molecule has 0 aliphatic heterocycles. The predicted octanol–water partition coefficient (Wildman–Crippen LogP) is 2.17. The molecule has 0 bridgehead atoms. The first-order valence-electron chi connectivity index (χ1n) is 4.33. The van der Waals surface area contributed by atoms with Crippen LogP contribution < -0.4 is 0 Å². The van der Waals surface area contributed by atoms with Crippen LogP contribution in [0.4, 0.5) is 0 Å². The molecule has 1 unspecified atom stereocenters. The van der Waals surface area contributed by atoms with Crippen molar-refractivity contribution >= 4 is 29.3 Å². The summed E-state index contributed by atoms with van der Waals surface area (Å²) in [4.78, 5) is 19.0. The predicted molar refractivity (Wildman–Crippen MR) is 59.0 cm³/mol. The molecule has 1 aromatic rings. The van der Waals surface area contributed by atoms with Crippen LogP contribution in [0.2, 0.25) is 5.02 Å². The van der Waals surface area contributed by atoms with Gasteiger partial charge in [0.25, 0.3) is 0 Å². The van der Waals surface area contributed by atoms with Gasteiger partial charge in [0, 0.05) is 5.25 Å². The molecular formula is C9H11ClN2O2S. The van der Waals surface area contributed by atoms with Crippen molar-refractivity contribution in [2.45, 2.75) is 23.8 Å². The SMILES string of the molecule is COC(=O)CC(C)Sc1ncc(Cl)cn1. The first kappa shape index (κ1) is 12.3. The van der Waals surface area contributed by atoms with Crippen LogP contribution in [-0.4, -0.2) is 28.3 Å². The molecule has 0 aromatic carbocycles. The Bertz CT molecular complexity index is 331. The lowest BCUT2D eigenvalue weighted by Gasteiger charge is -2.07. The summed E-state index contributed by atoms with van der Waals surface area (Å²) in [6, 6.07) is 0. The molecule has 6 heteroatoms. The Morgan fingerprint density at radius 1 is 1.60 bits per heavy atom. The van der Waals surface area contributed by atoms with Crippen LogP contribution in [0.25, 0.3) is 0 Å². The third-order valence-electron chi connectivity index (χ3n) is 1.59. The van der Waals surface area contributed by atoms with Gasteiger partial charge in [-0.2, -0.15) is 0 Å². The quantitative estimate of drug-likeness (QED) is 0.463. The van der Waals surface area contributed by atoms with Crippen molar-refractivity contribution in [3.63, 3.8) is 0 Å². The second kappa shape index (κ2) is 5.92. The molecular weight excluding hydrogens is 236 g/mol. The number of rotatable bonds is 4. The Kier molecular flexibility index (Phi) is 4.84. The third kappa shape index (κ3) is 4.48. The fraction of sp³-hybridized carbons (Fsp3) is 0.444. The van der Waals surface area contributed by atoms with Gasteiger partial charge in [-0.15, -0.1) is 0 Å². The standard InChI is InChI=1S/C9H11ClN2O2S/c1-6(3-8(13)14-2)15-9-11-4-7(10)5-12-9/h4-6H,3H2,1-2H3. The maximum atomic E-state index is 11.0. The molecule has 0 spiro atoms. The van der Waals surface area contributed by atoms with Gasteiger partial charge in [-0.3, -0.25) is 4.79 Å². The maximum Gasteiger partial charge on any atom is 0.306 e. The van der Waals surface area contributed by atoms with Crippen LogP contribution in [-0.2, 0) is 9.53 Å². The number of aromatic nitrogens is 2. The van der Waals surface area contributed by atoms with Gasteiger partial charge in [0.15, 0.2) is 5.16 Å². The lowest BCUT2D eigenvalue weighted by atomic mass is 10.3. The minimum atomic E-state index is -0.232. The molecule has 0 N–H and O–H groups in total. The number of hydrogen-bond acceptors (Lipinski definition) is 5. The largest absolute Gasteiger partial charge is 0.469 e. The molecule has 0 fully saturated rings. The van der Waals surface area contributed by atoms with Crippen LogP contribution >= 0.6 is 23.4 Å². The minimum absolute atomic E-state index is 0.0821. The minimum Gasteiger partial charge on any atom is -0.469 e. The third-order valence-corrected chi connectivity index (χ3v) is 2.77. The normalized spacial score (nSPS) is 12.2. The van der Waals surface area contributed by atoms with Crippen molar-refractivity contribution < 1.29 is 9.53 Å². The Balaban J connectivity index is 2.47. The number of nitrogens with zero attached hydrogens (tertiary/aromatic N) is 2. The first-order chi connectivity index (χ1) is 7.11. The van der Waals surface area contributed by atoms with E-state index >= 15 is 0 Å². The van der Waals surface area contributed by atoms with Gasteiger partial charge in [0.2, 0.25) is 0 Å².